The molecule has 1 aromatic rings. The number of nitrogens with zero attached hydrogens (tertiary/aromatic N) is 3. The van der Waals surface area contributed by atoms with Crippen molar-refractivity contribution < 1.29 is 9.94 Å². The van der Waals surface area contributed by atoms with E-state index >= 15 is 0 Å². The Morgan fingerprint density at radius 3 is 2.82 bits per heavy atom. The molecule has 0 spiro atoms. The van der Waals surface area contributed by atoms with Gasteiger partial charge in [-0.3, -0.25) is 0 Å². The summed E-state index contributed by atoms with van der Waals surface area (Å²) >= 11 is 0. The topological polar surface area (TPSA) is 84.0 Å². The number of hydrogen-bond acceptors (Lipinski definition) is 5. The Hall–Kier alpha value is -1.82. The average molecular weight is 238 g/mol. The molecule has 1 rings (SSSR count). The first-order valence-electron chi connectivity index (χ1n) is 5.35. The van der Waals surface area contributed by atoms with Gasteiger partial charge in [0.1, 0.15) is 0 Å². The van der Waals surface area contributed by atoms with Crippen molar-refractivity contribution in [2.45, 2.75) is 6.42 Å². The van der Waals surface area contributed by atoms with E-state index in [0.29, 0.717) is 18.1 Å². The van der Waals surface area contributed by atoms with Gasteiger partial charge in [-0.15, -0.1) is 0 Å². The van der Waals surface area contributed by atoms with Gasteiger partial charge in [-0.2, -0.15) is 0 Å². The normalized spacial score (nSPS) is 11.8. The molecule has 0 aromatic carbocycles. The van der Waals surface area contributed by atoms with E-state index in [9.17, 15) is 0 Å². The molecule has 94 valence electrons. The van der Waals surface area contributed by atoms with E-state index in [1.807, 2.05) is 14.1 Å². The molecule has 0 fully saturated rings. The molecule has 6 heteroatoms. The summed E-state index contributed by atoms with van der Waals surface area (Å²) in [5.41, 5.74) is 5.98. The molecular weight excluding hydrogens is 220 g/mol. The van der Waals surface area contributed by atoms with Crippen molar-refractivity contribution in [2.75, 3.05) is 27.2 Å². The maximum Gasteiger partial charge on any atom is 0.213 e. The second-order valence-electron chi connectivity index (χ2n) is 3.88. The fraction of sp³-hybridized carbons (Fsp3) is 0.455. The van der Waals surface area contributed by atoms with Gasteiger partial charge in [-0.1, -0.05) is 5.16 Å². The fourth-order valence-corrected chi connectivity index (χ4v) is 1.23. The maximum absolute atomic E-state index is 8.48. The van der Waals surface area contributed by atoms with Gasteiger partial charge in [0.2, 0.25) is 5.88 Å². The Balaban J connectivity index is 2.41. The van der Waals surface area contributed by atoms with E-state index in [1.165, 1.54) is 6.20 Å². The third-order valence-electron chi connectivity index (χ3n) is 2.14. The van der Waals surface area contributed by atoms with Crippen LogP contribution in [0, 0.1) is 0 Å². The zero-order chi connectivity index (χ0) is 12.7. The highest BCUT2D eigenvalue weighted by molar-refractivity contribution is 5.96. The van der Waals surface area contributed by atoms with Crippen molar-refractivity contribution in [3.63, 3.8) is 0 Å². The first-order valence-corrected chi connectivity index (χ1v) is 5.35. The van der Waals surface area contributed by atoms with Crippen LogP contribution in [0.15, 0.2) is 23.5 Å². The maximum atomic E-state index is 8.48. The Labute approximate surface area is 101 Å². The van der Waals surface area contributed by atoms with Gasteiger partial charge in [-0.05, 0) is 26.6 Å². The molecule has 1 aromatic heterocycles. The highest BCUT2D eigenvalue weighted by atomic mass is 16.5. The van der Waals surface area contributed by atoms with Gasteiger partial charge in [0.25, 0.3) is 0 Å². The van der Waals surface area contributed by atoms with E-state index in [4.69, 9.17) is 15.7 Å². The number of oxime groups is 1. The monoisotopic (exact) mass is 238 g/mol. The van der Waals surface area contributed by atoms with E-state index in [0.717, 1.165) is 13.0 Å². The quantitative estimate of drug-likeness (QED) is 0.248. The minimum absolute atomic E-state index is 0.0386. The molecule has 0 saturated carbocycles. The van der Waals surface area contributed by atoms with Crippen LogP contribution in [0.3, 0.4) is 0 Å². The van der Waals surface area contributed by atoms with Crippen LogP contribution in [-0.2, 0) is 0 Å². The van der Waals surface area contributed by atoms with Crippen LogP contribution in [0.2, 0.25) is 0 Å². The summed E-state index contributed by atoms with van der Waals surface area (Å²) in [4.78, 5) is 6.15. The molecule has 0 amide bonds. The molecule has 0 atom stereocenters. The molecule has 0 aliphatic rings. The largest absolute Gasteiger partial charge is 0.478 e. The van der Waals surface area contributed by atoms with E-state index in [-0.39, 0.29) is 5.84 Å². The van der Waals surface area contributed by atoms with Gasteiger partial charge in [0.15, 0.2) is 5.84 Å². The predicted molar refractivity (Wildman–Crippen MR) is 65.4 cm³/mol. The predicted octanol–water partition coefficient (Wildman–Crippen LogP) is 0.507. The summed E-state index contributed by atoms with van der Waals surface area (Å²) < 4.78 is 5.44. The average Bonchev–Trinajstić information content (AvgIpc) is 2.34. The summed E-state index contributed by atoms with van der Waals surface area (Å²) in [5.74, 6) is 0.579. The van der Waals surface area contributed by atoms with Crippen LogP contribution >= 0.6 is 0 Å². The highest BCUT2D eigenvalue weighted by Crippen LogP contribution is 2.07. The number of aromatic nitrogens is 1. The third kappa shape index (κ3) is 4.69. The smallest absolute Gasteiger partial charge is 0.213 e. The molecule has 0 bridgehead atoms. The van der Waals surface area contributed by atoms with Crippen LogP contribution in [0.4, 0.5) is 0 Å². The van der Waals surface area contributed by atoms with Gasteiger partial charge in [0.05, 0.1) is 6.61 Å². The minimum atomic E-state index is 0.0386. The number of nitrogens with two attached hydrogens (primary N) is 1. The molecular formula is C11H18N4O2. The van der Waals surface area contributed by atoms with Crippen molar-refractivity contribution in [1.82, 2.24) is 9.88 Å². The van der Waals surface area contributed by atoms with Crippen molar-refractivity contribution >= 4 is 5.84 Å². The lowest BCUT2D eigenvalue weighted by Crippen LogP contribution is -2.16. The SMILES string of the molecule is CN(C)CCCOc1ccc(/C(N)=N/O)cn1. The summed E-state index contributed by atoms with van der Waals surface area (Å²) in [6, 6.07) is 3.40. The third-order valence-corrected chi connectivity index (χ3v) is 2.14. The van der Waals surface area contributed by atoms with Gasteiger partial charge >= 0.3 is 0 Å². The molecule has 6 nitrogen and oxygen atoms in total. The van der Waals surface area contributed by atoms with Crippen LogP contribution in [0.25, 0.3) is 0 Å². The second-order valence-corrected chi connectivity index (χ2v) is 3.88. The lowest BCUT2D eigenvalue weighted by Gasteiger charge is -2.09. The molecule has 3 N–H and O–H groups in total. The number of rotatable bonds is 6. The Kier molecular flexibility index (Phi) is 5.22. The van der Waals surface area contributed by atoms with E-state index in [1.54, 1.807) is 12.1 Å². The van der Waals surface area contributed by atoms with Crippen LogP contribution < -0.4 is 10.5 Å². The fourth-order valence-electron chi connectivity index (χ4n) is 1.23. The van der Waals surface area contributed by atoms with Crippen molar-refractivity contribution in [2.24, 2.45) is 10.9 Å². The van der Waals surface area contributed by atoms with Crippen LogP contribution in [0.5, 0.6) is 5.88 Å². The number of pyridine rings is 1. The molecule has 0 radical (unpaired) electrons. The Morgan fingerprint density at radius 1 is 1.53 bits per heavy atom. The number of amidine groups is 1. The minimum Gasteiger partial charge on any atom is -0.478 e. The number of ether oxygens (including phenoxy) is 1. The van der Waals surface area contributed by atoms with Gasteiger partial charge in [0, 0.05) is 24.4 Å². The van der Waals surface area contributed by atoms with Gasteiger partial charge in [-0.25, -0.2) is 4.98 Å². The summed E-state index contributed by atoms with van der Waals surface area (Å²) in [6.45, 7) is 1.59. The standard InChI is InChI=1S/C11H18N4O2/c1-15(2)6-3-7-17-10-5-4-9(8-13-10)11(12)14-16/h4-5,8,16H,3,6-7H2,1-2H3,(H2,12,14). The molecule has 0 aliphatic heterocycles. The molecule has 17 heavy (non-hydrogen) atoms. The Morgan fingerprint density at radius 2 is 2.29 bits per heavy atom. The Bertz CT molecular complexity index is 362. The zero-order valence-electron chi connectivity index (χ0n) is 10.1. The van der Waals surface area contributed by atoms with Gasteiger partial charge < -0.3 is 20.6 Å². The summed E-state index contributed by atoms with van der Waals surface area (Å²) in [6.07, 6.45) is 2.45. The molecule has 0 saturated heterocycles. The first kappa shape index (κ1) is 13.2. The molecule has 0 unspecified atom stereocenters. The summed E-state index contributed by atoms with van der Waals surface area (Å²) in [5, 5.41) is 11.4. The lowest BCUT2D eigenvalue weighted by atomic mass is 10.3. The van der Waals surface area contributed by atoms with E-state index in [2.05, 4.69) is 15.0 Å². The summed E-state index contributed by atoms with van der Waals surface area (Å²) in [7, 11) is 4.04. The van der Waals surface area contributed by atoms with Crippen LogP contribution in [0.1, 0.15) is 12.0 Å². The number of hydrogen-bond donors (Lipinski definition) is 2. The lowest BCUT2D eigenvalue weighted by molar-refractivity contribution is 0.273. The van der Waals surface area contributed by atoms with Crippen molar-refractivity contribution in [3.05, 3.63) is 23.9 Å². The first-order chi connectivity index (χ1) is 8.13. The molecule has 0 aliphatic carbocycles. The zero-order valence-corrected chi connectivity index (χ0v) is 10.1. The molecule has 1 heterocycles. The second kappa shape index (κ2) is 6.70. The van der Waals surface area contributed by atoms with Crippen molar-refractivity contribution in [3.8, 4) is 5.88 Å². The highest BCUT2D eigenvalue weighted by Gasteiger charge is 2.01. The van der Waals surface area contributed by atoms with Crippen LogP contribution in [-0.4, -0.2) is 48.2 Å². The van der Waals surface area contributed by atoms with E-state index < -0.39 is 0 Å². The van der Waals surface area contributed by atoms with Crippen molar-refractivity contribution in [1.29, 1.82) is 0 Å².